The van der Waals surface area contributed by atoms with Crippen LogP contribution in [0.2, 0.25) is 0 Å². The van der Waals surface area contributed by atoms with Gasteiger partial charge in [-0.1, -0.05) is 12.2 Å². The number of aromatic hydroxyl groups is 1. The number of thiocarbonyl (C=S) groups is 1. The number of benzene rings is 2. The van der Waals surface area contributed by atoms with Gasteiger partial charge in [0.25, 0.3) is 5.91 Å². The summed E-state index contributed by atoms with van der Waals surface area (Å²) in [6, 6.07) is 6.84. The van der Waals surface area contributed by atoms with E-state index in [9.17, 15) is 13.6 Å². The molecule has 108 valence electrons. The van der Waals surface area contributed by atoms with Crippen molar-refractivity contribution in [3.63, 3.8) is 0 Å². The molecule has 0 aromatic heterocycles. The van der Waals surface area contributed by atoms with Gasteiger partial charge in [0.2, 0.25) is 0 Å². The Morgan fingerprint density at radius 2 is 1.86 bits per heavy atom. The number of phenols is 1. The second-order valence-electron chi connectivity index (χ2n) is 4.18. The number of hydrogen-bond donors (Lipinski definition) is 3. The number of halogens is 2. The zero-order valence-corrected chi connectivity index (χ0v) is 11.4. The number of amides is 1. The quantitative estimate of drug-likeness (QED) is 0.762. The van der Waals surface area contributed by atoms with Crippen LogP contribution in [0.1, 0.15) is 15.9 Å². The molecule has 0 saturated heterocycles. The average molecular weight is 308 g/mol. The molecule has 0 aliphatic rings. The van der Waals surface area contributed by atoms with Gasteiger partial charge in [-0.15, -0.1) is 0 Å². The van der Waals surface area contributed by atoms with Gasteiger partial charge in [-0.25, -0.2) is 8.78 Å². The van der Waals surface area contributed by atoms with E-state index in [0.29, 0.717) is 5.56 Å². The number of nitrogens with one attached hydrogen (secondary N) is 1. The van der Waals surface area contributed by atoms with Crippen LogP contribution in [0.3, 0.4) is 0 Å². The molecule has 0 bridgehead atoms. The number of carbonyl (C=O) groups excluding carboxylic acids is 1. The lowest BCUT2D eigenvalue weighted by Gasteiger charge is -2.08. The van der Waals surface area contributed by atoms with Crippen LogP contribution in [-0.2, 0) is 0 Å². The molecule has 0 atom stereocenters. The van der Waals surface area contributed by atoms with E-state index in [2.05, 4.69) is 5.32 Å². The summed E-state index contributed by atoms with van der Waals surface area (Å²) >= 11 is 4.71. The van der Waals surface area contributed by atoms with E-state index < -0.39 is 17.5 Å². The maximum atomic E-state index is 13.8. The highest BCUT2D eigenvalue weighted by Gasteiger charge is 2.14. The molecule has 0 aliphatic heterocycles. The Kier molecular flexibility index (Phi) is 4.13. The van der Waals surface area contributed by atoms with Crippen LogP contribution in [0.5, 0.6) is 5.75 Å². The first kappa shape index (κ1) is 14.9. The van der Waals surface area contributed by atoms with E-state index in [1.807, 2.05) is 0 Å². The summed E-state index contributed by atoms with van der Waals surface area (Å²) < 4.78 is 27.3. The Balaban J connectivity index is 2.25. The zero-order chi connectivity index (χ0) is 15.6. The number of carbonyl (C=O) groups is 1. The number of anilines is 1. The lowest BCUT2D eigenvalue weighted by molar-refractivity contribution is 0.102. The van der Waals surface area contributed by atoms with Crippen molar-refractivity contribution in [2.45, 2.75) is 0 Å². The van der Waals surface area contributed by atoms with Crippen LogP contribution in [0.15, 0.2) is 36.4 Å². The highest BCUT2D eigenvalue weighted by molar-refractivity contribution is 7.80. The maximum Gasteiger partial charge on any atom is 0.258 e. The molecule has 21 heavy (non-hydrogen) atoms. The second-order valence-corrected chi connectivity index (χ2v) is 4.62. The fourth-order valence-electron chi connectivity index (χ4n) is 1.65. The van der Waals surface area contributed by atoms with E-state index in [0.717, 1.165) is 24.3 Å². The van der Waals surface area contributed by atoms with Crippen molar-refractivity contribution in [3.05, 3.63) is 59.2 Å². The van der Waals surface area contributed by atoms with Gasteiger partial charge in [-0.2, -0.15) is 0 Å². The molecule has 2 aromatic carbocycles. The molecule has 2 aromatic rings. The third-order valence-electron chi connectivity index (χ3n) is 2.70. The Hall–Kier alpha value is -2.54. The third-order valence-corrected chi connectivity index (χ3v) is 2.93. The molecular formula is C14H10F2N2O2S. The first-order valence-electron chi connectivity index (χ1n) is 5.77. The van der Waals surface area contributed by atoms with Crippen LogP contribution >= 0.6 is 12.2 Å². The van der Waals surface area contributed by atoms with Crippen LogP contribution < -0.4 is 11.1 Å². The Labute approximate surface area is 124 Å². The van der Waals surface area contributed by atoms with Gasteiger partial charge in [-0.05, 0) is 30.3 Å². The summed E-state index contributed by atoms with van der Waals surface area (Å²) in [6.45, 7) is 0. The Morgan fingerprint density at radius 1 is 1.14 bits per heavy atom. The smallest absolute Gasteiger partial charge is 0.258 e. The van der Waals surface area contributed by atoms with E-state index in [1.165, 1.54) is 12.1 Å². The number of rotatable bonds is 3. The van der Waals surface area contributed by atoms with Gasteiger partial charge in [-0.3, -0.25) is 4.79 Å². The van der Waals surface area contributed by atoms with Gasteiger partial charge < -0.3 is 16.2 Å². The standard InChI is InChI=1S/C14H10F2N2O2S/c15-10-6-8(19)2-3-9(10)14(20)18-12-4-1-7(13(17)21)5-11(12)16/h1-6,19H,(H2,17,21)(H,18,20). The van der Waals surface area contributed by atoms with Gasteiger partial charge in [0.15, 0.2) is 0 Å². The van der Waals surface area contributed by atoms with Crippen molar-refractivity contribution in [1.82, 2.24) is 0 Å². The summed E-state index contributed by atoms with van der Waals surface area (Å²) in [7, 11) is 0. The average Bonchev–Trinajstić information content (AvgIpc) is 2.40. The fraction of sp³-hybridized carbons (Fsp3) is 0. The van der Waals surface area contributed by atoms with Crippen LogP contribution in [-0.4, -0.2) is 16.0 Å². The molecule has 0 fully saturated rings. The van der Waals surface area contributed by atoms with Crippen LogP contribution in [0, 0.1) is 11.6 Å². The highest BCUT2D eigenvalue weighted by atomic mass is 32.1. The molecule has 4 N–H and O–H groups in total. The molecule has 4 nitrogen and oxygen atoms in total. The minimum absolute atomic E-state index is 0.0244. The molecule has 1 amide bonds. The maximum absolute atomic E-state index is 13.8. The van der Waals surface area contributed by atoms with Crippen molar-refractivity contribution < 1.29 is 18.7 Å². The summed E-state index contributed by atoms with van der Waals surface area (Å²) in [6.07, 6.45) is 0. The molecule has 0 radical (unpaired) electrons. The molecule has 0 unspecified atom stereocenters. The fourth-order valence-corrected chi connectivity index (χ4v) is 1.77. The first-order valence-corrected chi connectivity index (χ1v) is 6.18. The number of hydrogen-bond acceptors (Lipinski definition) is 3. The first-order chi connectivity index (χ1) is 9.88. The molecule has 0 aliphatic carbocycles. The normalized spacial score (nSPS) is 10.2. The zero-order valence-electron chi connectivity index (χ0n) is 10.6. The van der Waals surface area contributed by atoms with E-state index in [-0.39, 0.29) is 22.0 Å². The second kappa shape index (κ2) is 5.84. The van der Waals surface area contributed by atoms with Gasteiger partial charge in [0.1, 0.15) is 22.4 Å². The van der Waals surface area contributed by atoms with Crippen LogP contribution in [0.4, 0.5) is 14.5 Å². The van der Waals surface area contributed by atoms with Crippen molar-refractivity contribution in [2.75, 3.05) is 5.32 Å². The lowest BCUT2D eigenvalue weighted by atomic mass is 10.1. The lowest BCUT2D eigenvalue weighted by Crippen LogP contribution is -2.15. The monoisotopic (exact) mass is 308 g/mol. The largest absolute Gasteiger partial charge is 0.508 e. The third kappa shape index (κ3) is 3.32. The molecular weight excluding hydrogens is 298 g/mol. The van der Waals surface area contributed by atoms with Gasteiger partial charge in [0.05, 0.1) is 11.3 Å². The topological polar surface area (TPSA) is 75.3 Å². The minimum Gasteiger partial charge on any atom is -0.508 e. The van der Waals surface area contributed by atoms with E-state index in [4.69, 9.17) is 23.1 Å². The van der Waals surface area contributed by atoms with Gasteiger partial charge >= 0.3 is 0 Å². The highest BCUT2D eigenvalue weighted by Crippen LogP contribution is 2.19. The summed E-state index contributed by atoms with van der Waals surface area (Å²) in [5.41, 5.74) is 5.23. The van der Waals surface area contributed by atoms with Crippen molar-refractivity contribution in [3.8, 4) is 5.75 Å². The minimum atomic E-state index is -0.910. The Morgan fingerprint density at radius 3 is 2.43 bits per heavy atom. The predicted molar refractivity (Wildman–Crippen MR) is 78.3 cm³/mol. The molecule has 0 saturated carbocycles. The molecule has 7 heteroatoms. The predicted octanol–water partition coefficient (Wildman–Crippen LogP) is 2.56. The Bertz CT molecular complexity index is 735. The van der Waals surface area contributed by atoms with E-state index in [1.54, 1.807) is 0 Å². The SMILES string of the molecule is NC(=S)c1ccc(NC(=O)c2ccc(O)cc2F)c(F)c1. The summed E-state index contributed by atoms with van der Waals surface area (Å²) in [5, 5.41) is 11.3. The van der Waals surface area contributed by atoms with Crippen molar-refractivity contribution >= 4 is 28.8 Å². The van der Waals surface area contributed by atoms with Gasteiger partial charge in [0, 0.05) is 11.6 Å². The summed E-state index contributed by atoms with van der Waals surface area (Å²) in [5.74, 6) is -2.80. The van der Waals surface area contributed by atoms with Crippen molar-refractivity contribution in [1.29, 1.82) is 0 Å². The van der Waals surface area contributed by atoms with E-state index >= 15 is 0 Å². The summed E-state index contributed by atoms with van der Waals surface area (Å²) in [4.78, 5) is 11.9. The van der Waals surface area contributed by atoms with Crippen molar-refractivity contribution in [2.24, 2.45) is 5.73 Å². The van der Waals surface area contributed by atoms with Crippen LogP contribution in [0.25, 0.3) is 0 Å². The number of phenolic OH excluding ortho intramolecular Hbond substituents is 1. The number of nitrogens with two attached hydrogens (primary N) is 1. The molecule has 0 spiro atoms. The molecule has 0 heterocycles. The molecule has 2 rings (SSSR count).